The number of carbonyl (C=O) groups is 2. The minimum atomic E-state index is -4.11. The van der Waals surface area contributed by atoms with Gasteiger partial charge >= 0.3 is 5.97 Å². The van der Waals surface area contributed by atoms with Gasteiger partial charge in [0.1, 0.15) is 11.5 Å². The number of benzene rings is 2. The summed E-state index contributed by atoms with van der Waals surface area (Å²) in [6, 6.07) is 11.3. The monoisotopic (exact) mass is 546 g/mol. The van der Waals surface area contributed by atoms with E-state index in [0.29, 0.717) is 26.8 Å². The molecule has 1 aromatic heterocycles. The lowest BCUT2D eigenvalue weighted by Gasteiger charge is -2.26. The van der Waals surface area contributed by atoms with Gasteiger partial charge in [0.2, 0.25) is 5.91 Å². The summed E-state index contributed by atoms with van der Waals surface area (Å²) in [5, 5.41) is 3.52. The maximum Gasteiger partial charge on any atom is 0.341 e. The van der Waals surface area contributed by atoms with Crippen LogP contribution in [0.25, 0.3) is 0 Å². The van der Waals surface area contributed by atoms with Gasteiger partial charge in [0.25, 0.3) is 10.0 Å². The predicted octanol–water partition coefficient (Wildman–Crippen LogP) is 5.52. The molecular formula is C26H27ClN2O5S2. The number of esters is 1. The van der Waals surface area contributed by atoms with Gasteiger partial charge in [-0.3, -0.25) is 9.10 Å². The Morgan fingerprint density at radius 3 is 2.47 bits per heavy atom. The van der Waals surface area contributed by atoms with Crippen molar-refractivity contribution in [2.24, 2.45) is 0 Å². The molecule has 2 aromatic carbocycles. The van der Waals surface area contributed by atoms with Crippen molar-refractivity contribution < 1.29 is 22.7 Å². The summed E-state index contributed by atoms with van der Waals surface area (Å²) in [6.07, 6.45) is 3.53. The largest absolute Gasteiger partial charge is 0.465 e. The van der Waals surface area contributed by atoms with Crippen LogP contribution in [0, 0.1) is 13.8 Å². The first kappa shape index (κ1) is 26.2. The Balaban J connectivity index is 1.71. The molecule has 0 radical (unpaired) electrons. The molecule has 1 aliphatic carbocycles. The zero-order valence-electron chi connectivity index (χ0n) is 20.3. The van der Waals surface area contributed by atoms with Crippen LogP contribution in [0.3, 0.4) is 0 Å². The van der Waals surface area contributed by atoms with Gasteiger partial charge in [0.05, 0.1) is 23.3 Å². The second kappa shape index (κ2) is 10.6. The third kappa shape index (κ3) is 5.28. The molecule has 0 bridgehead atoms. The fraction of sp³-hybridized carbons (Fsp3) is 0.308. The average Bonchev–Trinajstić information content (AvgIpc) is 3.21. The van der Waals surface area contributed by atoms with Gasteiger partial charge in [0.15, 0.2) is 0 Å². The van der Waals surface area contributed by atoms with Crippen LogP contribution < -0.4 is 9.62 Å². The standard InChI is InChI=1S/C26H27ClN2O5S2/c1-16-8-12-19(13-9-16)36(32,33)29(21-14-18(27)11-10-17(21)2)15-23(30)28-25-24(26(31)34-3)20-6-4-5-7-22(20)35-25/h8-14H,4-7,15H2,1-3H3,(H,28,30). The number of ether oxygens (including phenoxy) is 1. The van der Waals surface area contributed by atoms with Crippen molar-refractivity contribution in [2.75, 3.05) is 23.3 Å². The van der Waals surface area contributed by atoms with E-state index in [9.17, 15) is 18.0 Å². The number of thiophene rings is 1. The van der Waals surface area contributed by atoms with E-state index in [0.717, 1.165) is 46.0 Å². The Kier molecular flexibility index (Phi) is 7.73. The zero-order valence-corrected chi connectivity index (χ0v) is 22.6. The lowest BCUT2D eigenvalue weighted by atomic mass is 9.95. The first-order chi connectivity index (χ1) is 17.1. The van der Waals surface area contributed by atoms with Crippen molar-refractivity contribution in [1.82, 2.24) is 0 Å². The summed E-state index contributed by atoms with van der Waals surface area (Å²) in [5.74, 6) is -1.09. The molecule has 0 aliphatic heterocycles. The molecule has 0 atom stereocenters. The molecule has 1 N–H and O–H groups in total. The average molecular weight is 547 g/mol. The molecule has 0 unspecified atom stereocenters. The molecule has 0 saturated carbocycles. The number of fused-ring (bicyclic) bond motifs is 1. The lowest BCUT2D eigenvalue weighted by Crippen LogP contribution is -2.38. The molecule has 1 aliphatic rings. The van der Waals surface area contributed by atoms with Gasteiger partial charge in [0, 0.05) is 9.90 Å². The molecule has 1 amide bonds. The quantitative estimate of drug-likeness (QED) is 0.394. The van der Waals surface area contributed by atoms with Gasteiger partial charge in [-0.2, -0.15) is 0 Å². The number of carbonyl (C=O) groups excluding carboxylic acids is 2. The van der Waals surface area contributed by atoms with Gasteiger partial charge in [-0.05, 0) is 74.9 Å². The Bertz CT molecular complexity index is 1410. The number of rotatable bonds is 7. The second-order valence-corrected chi connectivity index (χ2v) is 12.1. The molecule has 0 saturated heterocycles. The number of methoxy groups -OCH3 is 1. The molecule has 0 fully saturated rings. The van der Waals surface area contributed by atoms with Crippen LogP contribution >= 0.6 is 22.9 Å². The molecule has 190 valence electrons. The number of sulfonamides is 1. The summed E-state index contributed by atoms with van der Waals surface area (Å²) in [7, 11) is -2.80. The Labute approximate surface area is 220 Å². The minimum absolute atomic E-state index is 0.0575. The van der Waals surface area contributed by atoms with E-state index in [4.69, 9.17) is 16.3 Å². The number of nitrogens with zero attached hydrogens (tertiary/aromatic N) is 1. The topological polar surface area (TPSA) is 92.8 Å². The first-order valence-corrected chi connectivity index (χ1v) is 14.1. The van der Waals surface area contributed by atoms with E-state index in [2.05, 4.69) is 5.32 Å². The maximum absolute atomic E-state index is 13.7. The fourth-order valence-electron chi connectivity index (χ4n) is 4.26. The molecule has 0 spiro atoms. The highest BCUT2D eigenvalue weighted by Crippen LogP contribution is 2.39. The second-order valence-electron chi connectivity index (χ2n) is 8.71. The number of amides is 1. The normalized spacial score (nSPS) is 13.1. The SMILES string of the molecule is COC(=O)c1c(NC(=O)CN(c2cc(Cl)ccc2C)S(=O)(=O)c2ccc(C)cc2)sc2c1CCCC2. The predicted molar refractivity (Wildman–Crippen MR) is 143 cm³/mol. The van der Waals surface area contributed by atoms with Crippen LogP contribution in [0.1, 0.15) is 44.8 Å². The van der Waals surface area contributed by atoms with Gasteiger partial charge in [-0.25, -0.2) is 13.2 Å². The van der Waals surface area contributed by atoms with E-state index in [1.54, 1.807) is 31.2 Å². The highest BCUT2D eigenvalue weighted by atomic mass is 35.5. The summed E-state index contributed by atoms with van der Waals surface area (Å²) in [6.45, 7) is 3.12. The Morgan fingerprint density at radius 1 is 1.08 bits per heavy atom. The van der Waals surface area contributed by atoms with Crippen LogP contribution in [0.15, 0.2) is 47.4 Å². The first-order valence-electron chi connectivity index (χ1n) is 11.5. The highest BCUT2D eigenvalue weighted by molar-refractivity contribution is 7.92. The van der Waals surface area contributed by atoms with Crippen LogP contribution in [0.2, 0.25) is 5.02 Å². The van der Waals surface area contributed by atoms with Crippen LogP contribution in [0.5, 0.6) is 0 Å². The summed E-state index contributed by atoms with van der Waals surface area (Å²) >= 11 is 7.55. The summed E-state index contributed by atoms with van der Waals surface area (Å²) < 4.78 is 33.4. The zero-order chi connectivity index (χ0) is 26.0. The van der Waals surface area contributed by atoms with E-state index in [1.807, 2.05) is 6.92 Å². The highest BCUT2D eigenvalue weighted by Gasteiger charge is 2.31. The van der Waals surface area contributed by atoms with Crippen LogP contribution in [0.4, 0.5) is 10.7 Å². The van der Waals surface area contributed by atoms with Crippen LogP contribution in [-0.2, 0) is 32.4 Å². The summed E-state index contributed by atoms with van der Waals surface area (Å²) in [4.78, 5) is 27.0. The third-order valence-electron chi connectivity index (χ3n) is 6.15. The van der Waals surface area contributed by atoms with E-state index < -0.39 is 28.4 Å². The van der Waals surface area contributed by atoms with Crippen molar-refractivity contribution in [3.05, 3.63) is 74.6 Å². The lowest BCUT2D eigenvalue weighted by molar-refractivity contribution is -0.114. The third-order valence-corrected chi connectivity index (χ3v) is 9.37. The van der Waals surface area contributed by atoms with Crippen molar-refractivity contribution >= 4 is 55.5 Å². The molecule has 36 heavy (non-hydrogen) atoms. The molecule has 4 rings (SSSR count). The van der Waals surface area contributed by atoms with Crippen molar-refractivity contribution in [2.45, 2.75) is 44.4 Å². The van der Waals surface area contributed by atoms with Gasteiger partial charge in [-0.1, -0.05) is 35.4 Å². The number of aryl methyl sites for hydroxylation is 3. The Hall–Kier alpha value is -2.88. The summed E-state index contributed by atoms with van der Waals surface area (Å²) in [5.41, 5.74) is 3.12. The van der Waals surface area contributed by atoms with Crippen LogP contribution in [-0.4, -0.2) is 33.9 Å². The smallest absolute Gasteiger partial charge is 0.341 e. The number of anilines is 2. The molecule has 1 heterocycles. The molecular weight excluding hydrogens is 520 g/mol. The molecule has 7 nitrogen and oxygen atoms in total. The number of hydrogen-bond acceptors (Lipinski definition) is 6. The number of hydrogen-bond donors (Lipinski definition) is 1. The van der Waals surface area contributed by atoms with E-state index in [1.165, 1.54) is 36.6 Å². The minimum Gasteiger partial charge on any atom is -0.465 e. The van der Waals surface area contributed by atoms with Crippen molar-refractivity contribution in [3.8, 4) is 0 Å². The fourth-order valence-corrected chi connectivity index (χ4v) is 7.19. The number of halogens is 1. The van der Waals surface area contributed by atoms with E-state index >= 15 is 0 Å². The van der Waals surface area contributed by atoms with Crippen molar-refractivity contribution in [1.29, 1.82) is 0 Å². The van der Waals surface area contributed by atoms with Gasteiger partial charge < -0.3 is 10.1 Å². The van der Waals surface area contributed by atoms with Gasteiger partial charge in [-0.15, -0.1) is 11.3 Å². The van der Waals surface area contributed by atoms with E-state index in [-0.39, 0.29) is 4.90 Å². The van der Waals surface area contributed by atoms with Crippen molar-refractivity contribution in [3.63, 3.8) is 0 Å². The maximum atomic E-state index is 13.7. The Morgan fingerprint density at radius 2 is 1.78 bits per heavy atom. The molecule has 3 aromatic rings. The number of nitrogens with one attached hydrogen (secondary N) is 1. The molecule has 10 heteroatoms.